The predicted molar refractivity (Wildman–Crippen MR) is 296 cm³/mol. The number of alkyl carbamates (subject to hydrolysis) is 4. The van der Waals surface area contributed by atoms with E-state index in [1.165, 1.54) is 12.1 Å². The number of hydrogen-bond acceptors (Lipinski definition) is 19. The molecule has 26 heteroatoms. The molecule has 26 nitrogen and oxygen atoms in total. The number of hydrogen-bond donors (Lipinski definition) is 7. The zero-order valence-corrected chi connectivity index (χ0v) is 46.1. The first-order chi connectivity index (χ1) is 40.7. The van der Waals surface area contributed by atoms with Crippen LogP contribution < -0.4 is 31.9 Å². The van der Waals surface area contributed by atoms with E-state index in [0.717, 1.165) is 0 Å². The first kappa shape index (κ1) is 66.8. The fraction of sp³-hybridized carbons (Fsp3) is 0.397. The number of amides is 6. The van der Waals surface area contributed by atoms with Crippen LogP contribution in [0.2, 0.25) is 0 Å². The molecule has 452 valence electrons. The number of ether oxygens (including phenoxy) is 8. The third kappa shape index (κ3) is 28.1. The van der Waals surface area contributed by atoms with Crippen LogP contribution in [-0.2, 0) is 52.3 Å². The molecular weight excluding hydrogens is 1100 g/mol. The summed E-state index contributed by atoms with van der Waals surface area (Å²) in [5.74, 6) is -5.63. The van der Waals surface area contributed by atoms with Gasteiger partial charge in [-0.25, -0.2) is 43.2 Å². The summed E-state index contributed by atoms with van der Waals surface area (Å²) in [5.41, 5.74) is 1.24. The molecule has 0 aliphatic rings. The number of aliphatic carboxylic acids is 1. The lowest BCUT2D eigenvalue weighted by Crippen LogP contribution is -2.55. The normalized spacial score (nSPS) is 11.5. The largest absolute Gasteiger partial charge is 0.480 e. The van der Waals surface area contributed by atoms with E-state index in [-0.39, 0.29) is 129 Å². The first-order valence-corrected chi connectivity index (χ1v) is 27.1. The molecule has 0 spiro atoms. The molecular formula is C58H70N6O20. The first-order valence-electron chi connectivity index (χ1n) is 27.1. The number of carbonyl (C=O) groups excluding carboxylic acids is 10. The third-order valence-electron chi connectivity index (χ3n) is 11.7. The van der Waals surface area contributed by atoms with Gasteiger partial charge in [0.25, 0.3) is 0 Å². The van der Waals surface area contributed by atoms with E-state index < -0.39 is 90.8 Å². The van der Waals surface area contributed by atoms with Crippen molar-refractivity contribution < 1.29 is 95.7 Å². The van der Waals surface area contributed by atoms with Crippen LogP contribution in [-0.4, -0.2) is 162 Å². The van der Waals surface area contributed by atoms with Crippen LogP contribution in [0.3, 0.4) is 0 Å². The standard InChI is InChI=1S/C58H70N6O20/c65-48(63-47(50(67)68)29-15-18-32-61-57(75)83-39-35-79-53(71)43-23-9-3-10-24-43)45(27-13-16-30-59-55(73)81-37-33-77-51(69)41-19-5-1-6-20-41)62-49(66)46(64-58(76)84-40-36-80-54(72)44-25-11-4-12-26-44)28-14-17-31-60-56(74)82-38-34-78-52(70)42-21-7-2-8-22-42/h1-12,19-26,45-47H,13-18,27-40H2,(H,59,73)(H,60,74)(H,61,75)(H,62,66)(H,63,65)(H,64,76)(H,67,68). The van der Waals surface area contributed by atoms with Gasteiger partial charge in [0.05, 0.1) is 22.3 Å². The van der Waals surface area contributed by atoms with E-state index in [2.05, 4.69) is 31.9 Å². The predicted octanol–water partition coefficient (Wildman–Crippen LogP) is 5.25. The van der Waals surface area contributed by atoms with Crippen LogP contribution in [0.5, 0.6) is 0 Å². The van der Waals surface area contributed by atoms with Crippen LogP contribution in [0.4, 0.5) is 19.2 Å². The lowest BCUT2D eigenvalue weighted by atomic mass is 10.0. The number of benzene rings is 4. The van der Waals surface area contributed by atoms with Gasteiger partial charge in [-0.15, -0.1) is 0 Å². The number of nitrogens with one attached hydrogen (secondary N) is 6. The molecule has 3 atom stereocenters. The second-order valence-corrected chi connectivity index (χ2v) is 18.0. The van der Waals surface area contributed by atoms with Gasteiger partial charge >= 0.3 is 54.2 Å². The summed E-state index contributed by atoms with van der Waals surface area (Å²) in [4.78, 5) is 139. The molecule has 0 heterocycles. The van der Waals surface area contributed by atoms with E-state index in [4.69, 9.17) is 37.9 Å². The summed E-state index contributed by atoms with van der Waals surface area (Å²) in [6.07, 6.45) is -2.54. The minimum atomic E-state index is -1.46. The molecule has 4 aromatic carbocycles. The van der Waals surface area contributed by atoms with E-state index in [1.807, 2.05) is 0 Å². The molecule has 0 radical (unpaired) electrons. The van der Waals surface area contributed by atoms with E-state index >= 15 is 0 Å². The lowest BCUT2D eigenvalue weighted by Gasteiger charge is -2.24. The van der Waals surface area contributed by atoms with Gasteiger partial charge in [-0.1, -0.05) is 72.8 Å². The summed E-state index contributed by atoms with van der Waals surface area (Å²) in [6.45, 7) is -1.90. The average molecular weight is 1170 g/mol. The van der Waals surface area contributed by atoms with Gasteiger partial charge in [0.15, 0.2) is 0 Å². The maximum atomic E-state index is 14.1. The topological polar surface area (TPSA) is 354 Å². The maximum absolute atomic E-state index is 14.1. The maximum Gasteiger partial charge on any atom is 0.407 e. The van der Waals surface area contributed by atoms with Crippen molar-refractivity contribution >= 4 is 66.0 Å². The van der Waals surface area contributed by atoms with Crippen LogP contribution >= 0.6 is 0 Å². The Balaban J connectivity index is 1.32. The Labute approximate surface area is 484 Å². The summed E-state index contributed by atoms with van der Waals surface area (Å²) in [5, 5.41) is 25.2. The Kier molecular flexibility index (Phi) is 31.5. The number of carboxylic acid groups (broad SMARTS) is 1. The Morgan fingerprint density at radius 2 is 0.560 bits per heavy atom. The van der Waals surface area contributed by atoms with Gasteiger partial charge in [-0.3, -0.25) is 9.59 Å². The van der Waals surface area contributed by atoms with Crippen molar-refractivity contribution in [1.29, 1.82) is 0 Å². The summed E-state index contributed by atoms with van der Waals surface area (Å²) >= 11 is 0. The fourth-order valence-electron chi connectivity index (χ4n) is 7.37. The lowest BCUT2D eigenvalue weighted by molar-refractivity contribution is -0.142. The highest BCUT2D eigenvalue weighted by molar-refractivity contribution is 5.93. The Bertz CT molecular complexity index is 2710. The quantitative estimate of drug-likeness (QED) is 0.0172. The SMILES string of the molecule is O=C(NCCCCC(NC(=O)C(CCCCNC(=O)OCCOC(=O)c1ccccc1)NC(=O)C(CCCCNC(=O)OCCOC(=O)c1ccccc1)NC(=O)OCCOC(=O)c1ccccc1)C(=O)O)OCCOC(=O)c1ccccc1. The molecule has 6 amide bonds. The average Bonchev–Trinajstić information content (AvgIpc) is 3.61. The highest BCUT2D eigenvalue weighted by Crippen LogP contribution is 2.10. The molecule has 0 aromatic heterocycles. The molecule has 0 saturated carbocycles. The Morgan fingerprint density at radius 1 is 0.310 bits per heavy atom. The molecule has 0 bridgehead atoms. The zero-order chi connectivity index (χ0) is 60.6. The van der Waals surface area contributed by atoms with E-state index in [9.17, 15) is 57.8 Å². The number of esters is 4. The molecule has 0 aliphatic heterocycles. The number of carbonyl (C=O) groups is 11. The zero-order valence-electron chi connectivity index (χ0n) is 46.1. The van der Waals surface area contributed by atoms with Crippen molar-refractivity contribution in [2.45, 2.75) is 75.9 Å². The van der Waals surface area contributed by atoms with Crippen molar-refractivity contribution in [2.75, 3.05) is 72.5 Å². The van der Waals surface area contributed by atoms with Gasteiger partial charge in [0.2, 0.25) is 11.8 Å². The van der Waals surface area contributed by atoms with Crippen LogP contribution in [0.15, 0.2) is 121 Å². The molecule has 0 fully saturated rings. The molecule has 0 aliphatic carbocycles. The number of carboxylic acids is 1. The number of unbranched alkanes of at least 4 members (excludes halogenated alkanes) is 3. The molecule has 4 aromatic rings. The van der Waals surface area contributed by atoms with Crippen molar-refractivity contribution in [2.24, 2.45) is 0 Å². The highest BCUT2D eigenvalue weighted by Gasteiger charge is 2.30. The van der Waals surface area contributed by atoms with E-state index in [1.54, 1.807) is 109 Å². The van der Waals surface area contributed by atoms with Crippen LogP contribution in [0.25, 0.3) is 0 Å². The van der Waals surface area contributed by atoms with Gasteiger partial charge in [-0.05, 0) is 106 Å². The number of rotatable bonds is 37. The molecule has 7 N–H and O–H groups in total. The van der Waals surface area contributed by atoms with Gasteiger partial charge in [0.1, 0.15) is 71.0 Å². The Morgan fingerprint density at radius 3 is 0.857 bits per heavy atom. The summed E-state index contributed by atoms with van der Waals surface area (Å²) < 4.78 is 40.8. The van der Waals surface area contributed by atoms with Crippen molar-refractivity contribution in [1.82, 2.24) is 31.9 Å². The second kappa shape index (κ2) is 39.6. The Hall–Kier alpha value is -9.75. The molecule has 0 saturated heterocycles. The van der Waals surface area contributed by atoms with Gasteiger partial charge in [0, 0.05) is 19.6 Å². The van der Waals surface area contributed by atoms with Gasteiger partial charge in [-0.2, -0.15) is 0 Å². The van der Waals surface area contributed by atoms with Gasteiger partial charge < -0.3 is 74.9 Å². The minimum absolute atomic E-state index is 0.0337. The van der Waals surface area contributed by atoms with Crippen LogP contribution in [0, 0.1) is 0 Å². The van der Waals surface area contributed by atoms with Crippen molar-refractivity contribution in [3.8, 4) is 0 Å². The van der Waals surface area contributed by atoms with Crippen molar-refractivity contribution in [3.05, 3.63) is 144 Å². The summed E-state index contributed by atoms with van der Waals surface area (Å²) in [6, 6.07) is 28.5. The van der Waals surface area contributed by atoms with E-state index in [0.29, 0.717) is 16.7 Å². The minimum Gasteiger partial charge on any atom is -0.480 e. The molecule has 3 unspecified atom stereocenters. The smallest absolute Gasteiger partial charge is 0.407 e. The monoisotopic (exact) mass is 1170 g/mol. The molecule has 4 rings (SSSR count). The van der Waals surface area contributed by atoms with Crippen molar-refractivity contribution in [3.63, 3.8) is 0 Å². The second-order valence-electron chi connectivity index (χ2n) is 18.0. The fourth-order valence-corrected chi connectivity index (χ4v) is 7.37. The highest BCUT2D eigenvalue weighted by atomic mass is 16.6. The molecule has 84 heavy (non-hydrogen) atoms. The van der Waals surface area contributed by atoms with Crippen LogP contribution in [0.1, 0.15) is 99.2 Å². The summed E-state index contributed by atoms with van der Waals surface area (Å²) in [7, 11) is 0. The third-order valence-corrected chi connectivity index (χ3v) is 11.7.